The van der Waals surface area contributed by atoms with Crippen LogP contribution in [0.4, 0.5) is 9.18 Å². The average Bonchev–Trinajstić information content (AvgIpc) is 2.54. The van der Waals surface area contributed by atoms with Crippen LogP contribution in [0.1, 0.15) is 11.1 Å². The first kappa shape index (κ1) is 17.7. The Morgan fingerprint density at radius 2 is 2.08 bits per heavy atom. The van der Waals surface area contributed by atoms with Gasteiger partial charge in [0, 0.05) is 0 Å². The number of methoxy groups -OCH3 is 1. The second kappa shape index (κ2) is 8.30. The zero-order chi connectivity index (χ0) is 17.5. The van der Waals surface area contributed by atoms with Crippen LogP contribution in [0.2, 0.25) is 0 Å². The molecule has 0 bridgehead atoms. The van der Waals surface area contributed by atoms with Crippen molar-refractivity contribution in [1.29, 1.82) is 0 Å². The highest BCUT2D eigenvalue weighted by atomic mass is 79.9. The fourth-order valence-corrected chi connectivity index (χ4v) is 2.44. The molecule has 0 aromatic heterocycles. The molecule has 2 amide bonds. The van der Waals surface area contributed by atoms with Crippen molar-refractivity contribution in [2.75, 3.05) is 7.11 Å². The van der Waals surface area contributed by atoms with Gasteiger partial charge in [-0.05, 0) is 51.3 Å². The SMILES string of the molecule is COc1cc(/C=N\NC(N)=O)cc(Br)c1OCc1ccc(F)cc1. The molecule has 0 aliphatic rings. The second-order valence-corrected chi connectivity index (χ2v) is 5.54. The predicted molar refractivity (Wildman–Crippen MR) is 91.7 cm³/mol. The number of benzene rings is 2. The molecule has 2 aromatic rings. The third kappa shape index (κ3) is 4.95. The summed E-state index contributed by atoms with van der Waals surface area (Å²) in [7, 11) is 1.51. The lowest BCUT2D eigenvalue weighted by atomic mass is 10.2. The number of hydrogen-bond donors (Lipinski definition) is 2. The normalized spacial score (nSPS) is 10.6. The van der Waals surface area contributed by atoms with Crippen molar-refractivity contribution in [1.82, 2.24) is 5.43 Å². The summed E-state index contributed by atoms with van der Waals surface area (Å²) < 4.78 is 24.6. The molecule has 6 nitrogen and oxygen atoms in total. The molecule has 3 N–H and O–H groups in total. The summed E-state index contributed by atoms with van der Waals surface area (Å²) in [5.74, 6) is 0.680. The molecule has 0 fully saturated rings. The van der Waals surface area contributed by atoms with Gasteiger partial charge in [-0.15, -0.1) is 0 Å². The van der Waals surface area contributed by atoms with Crippen molar-refractivity contribution < 1.29 is 18.7 Å². The molecular weight excluding hydrogens is 381 g/mol. The summed E-state index contributed by atoms with van der Waals surface area (Å²) in [6.07, 6.45) is 1.42. The highest BCUT2D eigenvalue weighted by molar-refractivity contribution is 9.10. The van der Waals surface area contributed by atoms with Crippen molar-refractivity contribution in [3.8, 4) is 11.5 Å². The Labute approximate surface area is 146 Å². The predicted octanol–water partition coefficient (Wildman–Crippen LogP) is 3.18. The molecule has 0 spiro atoms. The van der Waals surface area contributed by atoms with Crippen molar-refractivity contribution in [2.24, 2.45) is 10.8 Å². The molecule has 0 atom stereocenters. The number of urea groups is 1. The number of primary amides is 1. The molecule has 2 aromatic carbocycles. The Hall–Kier alpha value is -2.61. The van der Waals surface area contributed by atoms with Crippen molar-refractivity contribution in [3.63, 3.8) is 0 Å². The highest BCUT2D eigenvalue weighted by Gasteiger charge is 2.11. The number of ether oxygens (including phenoxy) is 2. The summed E-state index contributed by atoms with van der Waals surface area (Å²) >= 11 is 3.41. The van der Waals surface area contributed by atoms with E-state index in [-0.39, 0.29) is 12.4 Å². The van der Waals surface area contributed by atoms with Gasteiger partial charge in [0.05, 0.1) is 17.8 Å². The average molecular weight is 396 g/mol. The van der Waals surface area contributed by atoms with E-state index in [9.17, 15) is 9.18 Å². The van der Waals surface area contributed by atoms with Gasteiger partial charge in [-0.1, -0.05) is 12.1 Å². The molecule has 0 aliphatic heterocycles. The van der Waals surface area contributed by atoms with Gasteiger partial charge in [0.2, 0.25) is 0 Å². The molecule has 0 unspecified atom stereocenters. The van der Waals surface area contributed by atoms with Gasteiger partial charge in [-0.2, -0.15) is 5.10 Å². The number of nitrogens with zero attached hydrogens (tertiary/aromatic N) is 1. The van der Waals surface area contributed by atoms with Gasteiger partial charge >= 0.3 is 6.03 Å². The van der Waals surface area contributed by atoms with Crippen LogP contribution in [0.5, 0.6) is 11.5 Å². The topological polar surface area (TPSA) is 85.9 Å². The van der Waals surface area contributed by atoms with E-state index in [2.05, 4.69) is 26.5 Å². The summed E-state index contributed by atoms with van der Waals surface area (Å²) in [5, 5.41) is 3.69. The maximum atomic E-state index is 12.9. The third-order valence-electron chi connectivity index (χ3n) is 2.94. The molecule has 0 heterocycles. The van der Waals surface area contributed by atoms with Crippen molar-refractivity contribution in [3.05, 3.63) is 57.8 Å². The van der Waals surface area contributed by atoms with E-state index in [0.29, 0.717) is 21.5 Å². The van der Waals surface area contributed by atoms with Gasteiger partial charge < -0.3 is 15.2 Å². The van der Waals surface area contributed by atoms with Gasteiger partial charge in [0.15, 0.2) is 11.5 Å². The molecule has 24 heavy (non-hydrogen) atoms. The van der Waals surface area contributed by atoms with Crippen LogP contribution in [-0.2, 0) is 6.61 Å². The second-order valence-electron chi connectivity index (χ2n) is 4.68. The van der Waals surface area contributed by atoms with Crippen LogP contribution < -0.4 is 20.6 Å². The first-order valence-corrected chi connectivity index (χ1v) is 7.62. The number of carbonyl (C=O) groups is 1. The van der Waals surface area contributed by atoms with Gasteiger partial charge in [0.25, 0.3) is 0 Å². The van der Waals surface area contributed by atoms with E-state index in [1.807, 2.05) is 0 Å². The van der Waals surface area contributed by atoms with E-state index in [1.54, 1.807) is 24.3 Å². The van der Waals surface area contributed by atoms with Crippen LogP contribution in [0.25, 0.3) is 0 Å². The van der Waals surface area contributed by atoms with E-state index < -0.39 is 6.03 Å². The van der Waals surface area contributed by atoms with Crippen LogP contribution in [0.15, 0.2) is 46.0 Å². The Morgan fingerprint density at radius 3 is 2.71 bits per heavy atom. The number of carbonyl (C=O) groups excluding carboxylic acids is 1. The van der Waals surface area contributed by atoms with E-state index in [1.165, 1.54) is 25.5 Å². The summed E-state index contributed by atoms with van der Waals surface area (Å²) in [4.78, 5) is 10.6. The van der Waals surface area contributed by atoms with Gasteiger partial charge in [0.1, 0.15) is 12.4 Å². The molecule has 126 valence electrons. The number of nitrogens with one attached hydrogen (secondary N) is 1. The van der Waals surface area contributed by atoms with Crippen LogP contribution >= 0.6 is 15.9 Å². The lowest BCUT2D eigenvalue weighted by Crippen LogP contribution is -2.24. The molecule has 0 saturated carbocycles. The molecule has 0 saturated heterocycles. The first-order chi connectivity index (χ1) is 11.5. The fraction of sp³-hybridized carbons (Fsp3) is 0.125. The summed E-state index contributed by atoms with van der Waals surface area (Å²) in [5.41, 5.74) is 8.53. The maximum Gasteiger partial charge on any atom is 0.332 e. The quantitative estimate of drug-likeness (QED) is 0.581. The Morgan fingerprint density at radius 1 is 1.38 bits per heavy atom. The molecular formula is C16H15BrFN3O3. The number of halogens is 2. The molecule has 0 radical (unpaired) electrons. The zero-order valence-electron chi connectivity index (χ0n) is 12.8. The Balaban J connectivity index is 2.15. The maximum absolute atomic E-state index is 12.9. The molecule has 2 rings (SSSR count). The standard InChI is InChI=1S/C16H15BrFN3O3/c1-23-14-7-11(8-20-21-16(19)22)6-13(17)15(14)24-9-10-2-4-12(18)5-3-10/h2-8H,9H2,1H3,(H3,19,21,22)/b20-8-. The van der Waals surface area contributed by atoms with E-state index >= 15 is 0 Å². The van der Waals surface area contributed by atoms with Crippen LogP contribution in [0.3, 0.4) is 0 Å². The Bertz CT molecular complexity index is 751. The summed E-state index contributed by atoms with van der Waals surface area (Å²) in [6, 6.07) is 8.72. The smallest absolute Gasteiger partial charge is 0.332 e. The minimum Gasteiger partial charge on any atom is -0.493 e. The minimum atomic E-state index is -0.753. The van der Waals surface area contributed by atoms with E-state index in [0.717, 1.165) is 5.56 Å². The largest absolute Gasteiger partial charge is 0.493 e. The van der Waals surface area contributed by atoms with Gasteiger partial charge in [-0.3, -0.25) is 0 Å². The number of hydrogen-bond acceptors (Lipinski definition) is 4. The number of amides is 2. The van der Waals surface area contributed by atoms with Crippen LogP contribution in [0, 0.1) is 5.82 Å². The Kier molecular flexibility index (Phi) is 6.14. The zero-order valence-corrected chi connectivity index (χ0v) is 14.3. The minimum absolute atomic E-state index is 0.256. The number of nitrogens with two attached hydrogens (primary N) is 1. The van der Waals surface area contributed by atoms with E-state index in [4.69, 9.17) is 15.2 Å². The monoisotopic (exact) mass is 395 g/mol. The van der Waals surface area contributed by atoms with Crippen molar-refractivity contribution >= 4 is 28.2 Å². The molecule has 0 aliphatic carbocycles. The summed E-state index contributed by atoms with van der Waals surface area (Å²) in [6.45, 7) is 0.256. The van der Waals surface area contributed by atoms with Crippen molar-refractivity contribution in [2.45, 2.75) is 6.61 Å². The fourth-order valence-electron chi connectivity index (χ4n) is 1.86. The highest BCUT2D eigenvalue weighted by Crippen LogP contribution is 2.36. The number of hydrazone groups is 1. The molecule has 8 heteroatoms. The first-order valence-electron chi connectivity index (χ1n) is 6.83. The lowest BCUT2D eigenvalue weighted by molar-refractivity contribution is 0.249. The lowest BCUT2D eigenvalue weighted by Gasteiger charge is -2.13. The van der Waals surface area contributed by atoms with Crippen LogP contribution in [-0.4, -0.2) is 19.4 Å². The number of rotatable bonds is 6. The third-order valence-corrected chi connectivity index (χ3v) is 3.53. The van der Waals surface area contributed by atoms with Gasteiger partial charge in [-0.25, -0.2) is 14.6 Å².